The molecule has 0 atom stereocenters. The summed E-state index contributed by atoms with van der Waals surface area (Å²) in [5.74, 6) is 5.36. The Kier molecular flexibility index (Phi) is 28.8. The van der Waals surface area contributed by atoms with Gasteiger partial charge in [0.15, 0.2) is 0 Å². The van der Waals surface area contributed by atoms with Gasteiger partial charge in [0.1, 0.15) is 0 Å². The first kappa shape index (κ1) is 30.7. The maximum absolute atomic E-state index is 3.00. The van der Waals surface area contributed by atoms with Gasteiger partial charge in [0.2, 0.25) is 0 Å². The van der Waals surface area contributed by atoms with E-state index in [1.807, 2.05) is 82.3 Å². The van der Waals surface area contributed by atoms with E-state index < -0.39 is 0 Å². The van der Waals surface area contributed by atoms with Gasteiger partial charge >= 0.3 is 0 Å². The molecule has 0 spiro atoms. The van der Waals surface area contributed by atoms with E-state index in [2.05, 4.69) is 82.2 Å². The normalized spacial score (nSPS) is 7.14. The van der Waals surface area contributed by atoms with E-state index in [4.69, 9.17) is 0 Å². The maximum atomic E-state index is 3.00. The molecule has 0 aliphatic rings. The van der Waals surface area contributed by atoms with Crippen molar-refractivity contribution in [1.29, 1.82) is 0 Å². The van der Waals surface area contributed by atoms with E-state index in [1.54, 1.807) is 0 Å². The molecule has 0 aliphatic heterocycles. The molecule has 0 aliphatic carbocycles. The number of rotatable bonds is 0. The highest BCUT2D eigenvalue weighted by atomic mass is 13.8. The summed E-state index contributed by atoms with van der Waals surface area (Å²) in [5.41, 5.74) is 3.97. The van der Waals surface area contributed by atoms with Gasteiger partial charge in [-0.05, 0) is 34.6 Å². The van der Waals surface area contributed by atoms with Crippen LogP contribution < -0.4 is 0 Å². The number of hydrogen-bond acceptors (Lipinski definition) is 0. The van der Waals surface area contributed by atoms with Gasteiger partial charge in [-0.15, -0.1) is 25.0 Å². The average molecular weight is 389 g/mol. The van der Waals surface area contributed by atoms with E-state index in [-0.39, 0.29) is 0 Å². The van der Waals surface area contributed by atoms with Crippen LogP contribution in [-0.2, 0) is 0 Å². The fraction of sp³-hybridized carbons (Fsp3) is 0.241. The molecule has 0 heterocycles. The van der Waals surface area contributed by atoms with Crippen molar-refractivity contribution < 1.29 is 0 Å². The summed E-state index contributed by atoms with van der Waals surface area (Å²) in [7, 11) is 0. The van der Waals surface area contributed by atoms with Gasteiger partial charge in [-0.1, -0.05) is 122 Å². The lowest BCUT2D eigenvalue weighted by Gasteiger charge is -1.82. The Morgan fingerprint density at radius 2 is 0.621 bits per heavy atom. The van der Waals surface area contributed by atoms with Gasteiger partial charge in [0.05, 0.1) is 0 Å². The lowest BCUT2D eigenvalue weighted by Crippen LogP contribution is -1.62. The molecule has 0 radical (unpaired) electrons. The SMILES string of the molecule is C=C.CC.CC#CC.Cc1ccccc1.Cc1ccccc1.Cc1ccccc1. The molecule has 0 fully saturated rings. The van der Waals surface area contributed by atoms with Crippen LogP contribution >= 0.6 is 0 Å². The predicted octanol–water partition coefficient (Wildman–Crippen LogP) is 8.84. The molecule has 0 amide bonds. The summed E-state index contributed by atoms with van der Waals surface area (Å²) in [6.07, 6.45) is 0. The van der Waals surface area contributed by atoms with E-state index in [1.165, 1.54) is 16.7 Å². The second-order valence-corrected chi connectivity index (χ2v) is 5.46. The summed E-state index contributed by atoms with van der Waals surface area (Å²) in [5, 5.41) is 0. The second kappa shape index (κ2) is 27.2. The van der Waals surface area contributed by atoms with Crippen molar-refractivity contribution >= 4 is 0 Å². The van der Waals surface area contributed by atoms with Crippen molar-refractivity contribution in [1.82, 2.24) is 0 Å². The minimum absolute atomic E-state index is 1.32. The van der Waals surface area contributed by atoms with E-state index in [9.17, 15) is 0 Å². The summed E-state index contributed by atoms with van der Waals surface area (Å²) in [6, 6.07) is 30.8. The van der Waals surface area contributed by atoms with Gasteiger partial charge in [0.25, 0.3) is 0 Å². The number of benzene rings is 3. The molecule has 0 aromatic heterocycles. The molecular weight excluding hydrogens is 348 g/mol. The molecule has 0 heteroatoms. The van der Waals surface area contributed by atoms with Crippen LogP contribution in [0, 0.1) is 32.6 Å². The highest BCUT2D eigenvalue weighted by Crippen LogP contribution is 1.93. The van der Waals surface area contributed by atoms with E-state index >= 15 is 0 Å². The third kappa shape index (κ3) is 27.3. The Hall–Kier alpha value is -3.04. The van der Waals surface area contributed by atoms with Gasteiger partial charge < -0.3 is 0 Å². The van der Waals surface area contributed by atoms with Crippen molar-refractivity contribution in [3.8, 4) is 11.8 Å². The van der Waals surface area contributed by atoms with Gasteiger partial charge in [-0.3, -0.25) is 0 Å². The smallest absolute Gasteiger partial charge is 0.00271 e. The van der Waals surface area contributed by atoms with Crippen LogP contribution in [-0.4, -0.2) is 0 Å². The monoisotopic (exact) mass is 388 g/mol. The first-order chi connectivity index (χ1) is 14.1. The lowest BCUT2D eigenvalue weighted by molar-refractivity contribution is 1.48. The minimum atomic E-state index is 1.32. The second-order valence-electron chi connectivity index (χ2n) is 5.46. The third-order valence-electron chi connectivity index (χ3n) is 3.07. The Labute approximate surface area is 181 Å². The third-order valence-corrected chi connectivity index (χ3v) is 3.07. The zero-order chi connectivity index (χ0) is 22.8. The maximum Gasteiger partial charge on any atom is -0.00271 e. The fourth-order valence-electron chi connectivity index (χ4n) is 1.60. The molecule has 0 N–H and O–H groups in total. The zero-order valence-corrected chi connectivity index (χ0v) is 19.6. The zero-order valence-electron chi connectivity index (χ0n) is 19.6. The van der Waals surface area contributed by atoms with Crippen LogP contribution in [0.2, 0.25) is 0 Å². The quantitative estimate of drug-likeness (QED) is 0.266. The number of hydrogen-bond donors (Lipinski definition) is 0. The van der Waals surface area contributed by atoms with Gasteiger partial charge in [-0.25, -0.2) is 0 Å². The van der Waals surface area contributed by atoms with Crippen molar-refractivity contribution in [2.45, 2.75) is 48.5 Å². The summed E-state index contributed by atoms with van der Waals surface area (Å²) in [4.78, 5) is 0. The summed E-state index contributed by atoms with van der Waals surface area (Å²) < 4.78 is 0. The van der Waals surface area contributed by atoms with Crippen molar-refractivity contribution in [2.24, 2.45) is 0 Å². The summed E-state index contributed by atoms with van der Waals surface area (Å²) in [6.45, 7) is 19.9. The molecule has 0 bridgehead atoms. The van der Waals surface area contributed by atoms with Crippen LogP contribution in [0.3, 0.4) is 0 Å². The Bertz CT molecular complexity index is 606. The highest BCUT2D eigenvalue weighted by molar-refractivity contribution is 5.13. The molecule has 29 heavy (non-hydrogen) atoms. The molecule has 3 rings (SSSR count). The molecule has 3 aromatic carbocycles. The number of aryl methyl sites for hydroxylation is 3. The van der Waals surface area contributed by atoms with Crippen molar-refractivity contribution in [3.05, 3.63) is 121 Å². The molecule has 0 nitrogen and oxygen atoms in total. The predicted molar refractivity (Wildman–Crippen MR) is 135 cm³/mol. The first-order valence-corrected chi connectivity index (χ1v) is 9.98. The Balaban J connectivity index is -0.000000299. The minimum Gasteiger partial charge on any atom is -0.107 e. The molecular formula is C29H40. The standard InChI is InChI=1S/3C7H8.C4H6.C2H6.C2H4/c3*1-7-5-3-2-4-6-7;1-3-4-2;2*1-2/h3*2-6H,1H3;1-2H3;1-2H3;1-2H2. The lowest BCUT2D eigenvalue weighted by atomic mass is 10.2. The molecule has 3 aromatic rings. The molecule has 0 saturated carbocycles. The molecule has 156 valence electrons. The van der Waals surface area contributed by atoms with Gasteiger partial charge in [-0.2, -0.15) is 0 Å². The van der Waals surface area contributed by atoms with Crippen molar-refractivity contribution in [3.63, 3.8) is 0 Å². The van der Waals surface area contributed by atoms with E-state index in [0.29, 0.717) is 0 Å². The summed E-state index contributed by atoms with van der Waals surface area (Å²) >= 11 is 0. The molecule has 0 saturated heterocycles. The first-order valence-electron chi connectivity index (χ1n) is 9.98. The van der Waals surface area contributed by atoms with Gasteiger partial charge in [0, 0.05) is 0 Å². The highest BCUT2D eigenvalue weighted by Gasteiger charge is 1.73. The molecule has 0 unspecified atom stereocenters. The van der Waals surface area contributed by atoms with Crippen LogP contribution in [0.1, 0.15) is 44.4 Å². The van der Waals surface area contributed by atoms with Crippen molar-refractivity contribution in [2.75, 3.05) is 0 Å². The fourth-order valence-corrected chi connectivity index (χ4v) is 1.60. The van der Waals surface area contributed by atoms with Crippen LogP contribution in [0.25, 0.3) is 0 Å². The average Bonchev–Trinajstić information content (AvgIpc) is 2.79. The van der Waals surface area contributed by atoms with Crippen LogP contribution in [0.5, 0.6) is 0 Å². The van der Waals surface area contributed by atoms with Crippen LogP contribution in [0.15, 0.2) is 104 Å². The topological polar surface area (TPSA) is 0 Å². The Morgan fingerprint density at radius 1 is 0.448 bits per heavy atom. The van der Waals surface area contributed by atoms with Crippen LogP contribution in [0.4, 0.5) is 0 Å². The largest absolute Gasteiger partial charge is 0.107 e. The van der Waals surface area contributed by atoms with E-state index in [0.717, 1.165) is 0 Å². The Morgan fingerprint density at radius 3 is 0.690 bits per heavy atom.